The molecule has 0 bridgehead atoms. The molecular formula is C20H34N4O4S. The highest BCUT2D eigenvalue weighted by atomic mass is 32.2. The van der Waals surface area contributed by atoms with Gasteiger partial charge >= 0.3 is 0 Å². The first-order chi connectivity index (χ1) is 13.9. The SMILES string of the molecule is CN=C(NCCS(=O)(=O)NCC1CCCCO1)N(C)CCOc1ccc(C)cc1. The highest BCUT2D eigenvalue weighted by molar-refractivity contribution is 7.89. The number of ether oxygens (including phenoxy) is 2. The summed E-state index contributed by atoms with van der Waals surface area (Å²) in [6.45, 7) is 4.49. The van der Waals surface area contributed by atoms with Crippen molar-refractivity contribution in [2.45, 2.75) is 32.3 Å². The van der Waals surface area contributed by atoms with Gasteiger partial charge in [-0.1, -0.05) is 17.7 Å². The van der Waals surface area contributed by atoms with Crippen LogP contribution in [0.5, 0.6) is 5.75 Å². The van der Waals surface area contributed by atoms with Crippen LogP contribution < -0.4 is 14.8 Å². The van der Waals surface area contributed by atoms with Crippen LogP contribution in [-0.4, -0.2) is 78.1 Å². The molecule has 0 aromatic heterocycles. The van der Waals surface area contributed by atoms with E-state index in [0.29, 0.717) is 32.3 Å². The third kappa shape index (κ3) is 9.01. The Balaban J connectivity index is 1.66. The first kappa shape index (κ1) is 23.4. The molecule has 1 heterocycles. The van der Waals surface area contributed by atoms with Crippen molar-refractivity contribution in [3.8, 4) is 5.75 Å². The molecule has 9 heteroatoms. The molecule has 29 heavy (non-hydrogen) atoms. The summed E-state index contributed by atoms with van der Waals surface area (Å²) in [5, 5.41) is 3.09. The van der Waals surface area contributed by atoms with Gasteiger partial charge in [0.25, 0.3) is 0 Å². The normalized spacial score (nSPS) is 17.8. The number of hydrogen-bond donors (Lipinski definition) is 2. The van der Waals surface area contributed by atoms with Gasteiger partial charge in [-0.05, 0) is 38.3 Å². The van der Waals surface area contributed by atoms with Gasteiger partial charge in [0.15, 0.2) is 5.96 Å². The first-order valence-corrected chi connectivity index (χ1v) is 11.7. The van der Waals surface area contributed by atoms with Gasteiger partial charge in [0.2, 0.25) is 10.0 Å². The number of hydrogen-bond acceptors (Lipinski definition) is 5. The van der Waals surface area contributed by atoms with Crippen LogP contribution in [0.15, 0.2) is 29.3 Å². The van der Waals surface area contributed by atoms with Crippen molar-refractivity contribution in [1.29, 1.82) is 0 Å². The fourth-order valence-corrected chi connectivity index (χ4v) is 3.94. The molecule has 0 radical (unpaired) electrons. The van der Waals surface area contributed by atoms with Gasteiger partial charge in [0, 0.05) is 33.8 Å². The molecule has 1 aliphatic heterocycles. The molecule has 0 spiro atoms. The molecule has 0 aliphatic carbocycles. The van der Waals surface area contributed by atoms with Gasteiger partial charge in [-0.15, -0.1) is 0 Å². The first-order valence-electron chi connectivity index (χ1n) is 10.1. The fourth-order valence-electron chi connectivity index (χ4n) is 2.98. The summed E-state index contributed by atoms with van der Waals surface area (Å²) < 4.78 is 38.3. The van der Waals surface area contributed by atoms with Gasteiger partial charge in [-0.25, -0.2) is 13.1 Å². The zero-order valence-electron chi connectivity index (χ0n) is 17.7. The maximum absolute atomic E-state index is 12.2. The standard InChI is InChI=1S/C20H34N4O4S/c1-17-7-9-18(10-8-17)28-14-12-24(3)20(21-2)22-11-15-29(25,26)23-16-19-6-4-5-13-27-19/h7-10,19,23H,4-6,11-16H2,1-3H3,(H,21,22). The molecule has 2 rings (SSSR count). The summed E-state index contributed by atoms with van der Waals surface area (Å²) >= 11 is 0. The lowest BCUT2D eigenvalue weighted by Crippen LogP contribution is -2.44. The van der Waals surface area contributed by atoms with E-state index in [1.807, 2.05) is 43.1 Å². The molecule has 1 atom stereocenters. The predicted molar refractivity (Wildman–Crippen MR) is 116 cm³/mol. The predicted octanol–water partition coefficient (Wildman–Crippen LogP) is 1.37. The van der Waals surface area contributed by atoms with Crippen LogP contribution in [0.1, 0.15) is 24.8 Å². The second-order valence-electron chi connectivity index (χ2n) is 7.21. The Bertz CT molecular complexity index is 731. The monoisotopic (exact) mass is 426 g/mol. The minimum Gasteiger partial charge on any atom is -0.492 e. The third-order valence-electron chi connectivity index (χ3n) is 4.75. The molecule has 8 nitrogen and oxygen atoms in total. The quantitative estimate of drug-likeness (QED) is 0.434. The average Bonchev–Trinajstić information content (AvgIpc) is 2.72. The number of nitrogens with one attached hydrogen (secondary N) is 2. The van der Waals surface area contributed by atoms with E-state index < -0.39 is 10.0 Å². The van der Waals surface area contributed by atoms with Crippen molar-refractivity contribution in [3.63, 3.8) is 0 Å². The van der Waals surface area contributed by atoms with Gasteiger partial charge in [-0.2, -0.15) is 0 Å². The molecule has 0 saturated carbocycles. The summed E-state index contributed by atoms with van der Waals surface area (Å²) in [7, 11) is 0.206. The van der Waals surface area contributed by atoms with Crippen molar-refractivity contribution in [1.82, 2.24) is 14.9 Å². The Morgan fingerprint density at radius 2 is 2.07 bits per heavy atom. The Hall–Kier alpha value is -1.84. The maximum atomic E-state index is 12.2. The minimum absolute atomic E-state index is 0.0149. The Morgan fingerprint density at radius 3 is 2.72 bits per heavy atom. The molecule has 1 aromatic rings. The summed E-state index contributed by atoms with van der Waals surface area (Å²) in [5.41, 5.74) is 1.19. The molecule has 1 aliphatic rings. The van der Waals surface area contributed by atoms with Gasteiger partial charge in [0.05, 0.1) is 18.4 Å². The highest BCUT2D eigenvalue weighted by Gasteiger charge is 2.18. The Kier molecular flexibility index (Phi) is 9.69. The van der Waals surface area contributed by atoms with Gasteiger partial charge in [0.1, 0.15) is 12.4 Å². The van der Waals surface area contributed by atoms with Crippen molar-refractivity contribution in [2.24, 2.45) is 4.99 Å². The van der Waals surface area contributed by atoms with E-state index >= 15 is 0 Å². The van der Waals surface area contributed by atoms with Crippen LogP contribution in [0.2, 0.25) is 0 Å². The lowest BCUT2D eigenvalue weighted by Gasteiger charge is -2.23. The summed E-state index contributed by atoms with van der Waals surface area (Å²) in [6.07, 6.45) is 3.03. The van der Waals surface area contributed by atoms with Crippen molar-refractivity contribution < 1.29 is 17.9 Å². The van der Waals surface area contributed by atoms with Crippen LogP contribution in [0.25, 0.3) is 0 Å². The van der Waals surface area contributed by atoms with E-state index in [9.17, 15) is 8.42 Å². The number of aryl methyl sites for hydroxylation is 1. The van der Waals surface area contributed by atoms with E-state index in [4.69, 9.17) is 9.47 Å². The minimum atomic E-state index is -3.36. The summed E-state index contributed by atoms with van der Waals surface area (Å²) in [6, 6.07) is 7.90. The molecule has 2 N–H and O–H groups in total. The van der Waals surface area contributed by atoms with E-state index in [0.717, 1.165) is 25.0 Å². The van der Waals surface area contributed by atoms with E-state index in [1.165, 1.54) is 5.56 Å². The zero-order valence-corrected chi connectivity index (χ0v) is 18.5. The number of sulfonamides is 1. The van der Waals surface area contributed by atoms with Crippen LogP contribution in [0.4, 0.5) is 0 Å². The van der Waals surface area contributed by atoms with Crippen LogP contribution in [-0.2, 0) is 14.8 Å². The molecular weight excluding hydrogens is 392 g/mol. The molecule has 164 valence electrons. The lowest BCUT2D eigenvalue weighted by molar-refractivity contribution is 0.0200. The lowest BCUT2D eigenvalue weighted by atomic mass is 10.1. The van der Waals surface area contributed by atoms with Gasteiger partial charge in [-0.3, -0.25) is 4.99 Å². The number of guanidine groups is 1. The van der Waals surface area contributed by atoms with Crippen LogP contribution in [0, 0.1) is 6.92 Å². The maximum Gasteiger partial charge on any atom is 0.213 e. The second-order valence-corrected chi connectivity index (χ2v) is 9.14. The number of benzene rings is 1. The number of nitrogens with zero attached hydrogens (tertiary/aromatic N) is 2. The largest absolute Gasteiger partial charge is 0.492 e. The number of aliphatic imine (C=N–C) groups is 1. The van der Waals surface area contributed by atoms with Crippen LogP contribution >= 0.6 is 0 Å². The topological polar surface area (TPSA) is 92.3 Å². The summed E-state index contributed by atoms with van der Waals surface area (Å²) in [4.78, 5) is 6.11. The van der Waals surface area contributed by atoms with Crippen LogP contribution in [0.3, 0.4) is 0 Å². The van der Waals surface area contributed by atoms with E-state index in [1.54, 1.807) is 7.05 Å². The van der Waals surface area contributed by atoms with Gasteiger partial charge < -0.3 is 19.7 Å². The third-order valence-corrected chi connectivity index (χ3v) is 6.10. The molecule has 1 unspecified atom stereocenters. The Labute approximate surface area is 174 Å². The molecule has 1 aromatic carbocycles. The Morgan fingerprint density at radius 1 is 1.31 bits per heavy atom. The van der Waals surface area contributed by atoms with Crippen molar-refractivity contribution in [2.75, 3.05) is 52.7 Å². The summed E-state index contributed by atoms with van der Waals surface area (Å²) in [5.74, 6) is 1.43. The van der Waals surface area contributed by atoms with E-state index in [-0.39, 0.29) is 18.4 Å². The van der Waals surface area contributed by atoms with E-state index in [2.05, 4.69) is 15.0 Å². The molecule has 1 saturated heterocycles. The number of rotatable bonds is 10. The second kappa shape index (κ2) is 12.0. The highest BCUT2D eigenvalue weighted by Crippen LogP contribution is 2.12. The molecule has 1 fully saturated rings. The average molecular weight is 427 g/mol. The van der Waals surface area contributed by atoms with Crippen molar-refractivity contribution >= 4 is 16.0 Å². The number of likely N-dealkylation sites (N-methyl/N-ethyl adjacent to an activating group) is 1. The molecule has 0 amide bonds. The smallest absolute Gasteiger partial charge is 0.213 e. The fraction of sp³-hybridized carbons (Fsp3) is 0.650. The zero-order chi connectivity index (χ0) is 21.1. The van der Waals surface area contributed by atoms with Crippen molar-refractivity contribution in [3.05, 3.63) is 29.8 Å².